The molecule has 5 heteroatoms. The second-order valence-corrected chi connectivity index (χ2v) is 5.76. The van der Waals surface area contributed by atoms with Gasteiger partial charge in [-0.2, -0.15) is 4.98 Å². The normalized spacial score (nSPS) is 13.8. The average molecular weight is 255 g/mol. The molecular formula is C13H25N3O2. The van der Waals surface area contributed by atoms with Crippen molar-refractivity contribution < 1.29 is 9.63 Å². The molecule has 0 aliphatic carbocycles. The molecule has 104 valence electrons. The fourth-order valence-electron chi connectivity index (χ4n) is 2.10. The summed E-state index contributed by atoms with van der Waals surface area (Å²) in [5.74, 6) is 1.79. The zero-order valence-electron chi connectivity index (χ0n) is 11.6. The summed E-state index contributed by atoms with van der Waals surface area (Å²) < 4.78 is 5.15. The third-order valence-electron chi connectivity index (χ3n) is 3.29. The maximum atomic E-state index is 8.79. The Labute approximate surface area is 109 Å². The topological polar surface area (TPSA) is 85.2 Å². The van der Waals surface area contributed by atoms with Gasteiger partial charge >= 0.3 is 0 Å². The van der Waals surface area contributed by atoms with Gasteiger partial charge in [-0.1, -0.05) is 25.9 Å². The van der Waals surface area contributed by atoms with Crippen LogP contribution in [0, 0.1) is 11.3 Å². The SMILES string of the molecule is CC(C)(C)C(CCN)CCc1nc(CCO)no1. The largest absolute Gasteiger partial charge is 0.396 e. The summed E-state index contributed by atoms with van der Waals surface area (Å²) in [6.07, 6.45) is 3.25. The Morgan fingerprint density at radius 2 is 2.00 bits per heavy atom. The van der Waals surface area contributed by atoms with E-state index in [9.17, 15) is 0 Å². The molecule has 0 bridgehead atoms. The van der Waals surface area contributed by atoms with E-state index in [-0.39, 0.29) is 12.0 Å². The first kappa shape index (κ1) is 15.1. The summed E-state index contributed by atoms with van der Waals surface area (Å²) in [6, 6.07) is 0. The molecule has 0 aliphatic rings. The predicted molar refractivity (Wildman–Crippen MR) is 70.0 cm³/mol. The molecule has 1 aromatic heterocycles. The molecule has 1 rings (SSSR count). The van der Waals surface area contributed by atoms with Gasteiger partial charge in [-0.25, -0.2) is 0 Å². The minimum atomic E-state index is 0.0523. The third kappa shape index (κ3) is 4.74. The Morgan fingerprint density at radius 1 is 1.28 bits per heavy atom. The molecule has 0 saturated carbocycles. The number of aryl methyl sites for hydroxylation is 1. The van der Waals surface area contributed by atoms with E-state index >= 15 is 0 Å². The summed E-state index contributed by atoms with van der Waals surface area (Å²) >= 11 is 0. The van der Waals surface area contributed by atoms with Crippen LogP contribution in [0.15, 0.2) is 4.52 Å². The Hall–Kier alpha value is -0.940. The van der Waals surface area contributed by atoms with Crippen molar-refractivity contribution in [3.63, 3.8) is 0 Å². The summed E-state index contributed by atoms with van der Waals surface area (Å²) in [7, 11) is 0. The van der Waals surface area contributed by atoms with Crippen molar-refractivity contribution in [2.24, 2.45) is 17.1 Å². The Kier molecular flexibility index (Phi) is 5.75. The first-order chi connectivity index (χ1) is 8.47. The van der Waals surface area contributed by atoms with Gasteiger partial charge in [0.05, 0.1) is 6.61 Å². The fourth-order valence-corrected chi connectivity index (χ4v) is 2.10. The molecule has 0 radical (unpaired) electrons. The predicted octanol–water partition coefficient (Wildman–Crippen LogP) is 1.55. The van der Waals surface area contributed by atoms with Crippen LogP contribution < -0.4 is 5.73 Å². The number of nitrogens with two attached hydrogens (primary N) is 1. The van der Waals surface area contributed by atoms with Crippen molar-refractivity contribution in [1.29, 1.82) is 0 Å². The Morgan fingerprint density at radius 3 is 2.56 bits per heavy atom. The van der Waals surface area contributed by atoms with E-state index in [0.29, 0.717) is 30.6 Å². The van der Waals surface area contributed by atoms with E-state index in [1.165, 1.54) is 0 Å². The fraction of sp³-hybridized carbons (Fsp3) is 0.846. The lowest BCUT2D eigenvalue weighted by molar-refractivity contribution is 0.208. The average Bonchev–Trinajstić information content (AvgIpc) is 2.71. The summed E-state index contributed by atoms with van der Waals surface area (Å²) in [5.41, 5.74) is 5.90. The van der Waals surface area contributed by atoms with Crippen molar-refractivity contribution in [1.82, 2.24) is 10.1 Å². The van der Waals surface area contributed by atoms with Crippen molar-refractivity contribution >= 4 is 0 Å². The lowest BCUT2D eigenvalue weighted by Crippen LogP contribution is -2.24. The number of hydrogen-bond acceptors (Lipinski definition) is 5. The van der Waals surface area contributed by atoms with Gasteiger partial charge in [0.2, 0.25) is 5.89 Å². The van der Waals surface area contributed by atoms with Crippen LogP contribution in [0.5, 0.6) is 0 Å². The lowest BCUT2D eigenvalue weighted by atomic mass is 9.76. The molecule has 1 heterocycles. The highest BCUT2D eigenvalue weighted by Crippen LogP contribution is 2.31. The maximum Gasteiger partial charge on any atom is 0.226 e. The van der Waals surface area contributed by atoms with E-state index in [2.05, 4.69) is 30.9 Å². The van der Waals surface area contributed by atoms with Gasteiger partial charge in [0.1, 0.15) is 0 Å². The smallest absolute Gasteiger partial charge is 0.226 e. The highest BCUT2D eigenvalue weighted by atomic mass is 16.5. The molecule has 0 aromatic carbocycles. The maximum absolute atomic E-state index is 8.79. The number of nitrogens with zero attached hydrogens (tertiary/aromatic N) is 2. The first-order valence-corrected chi connectivity index (χ1v) is 6.59. The van der Waals surface area contributed by atoms with Crippen LogP contribution >= 0.6 is 0 Å². The van der Waals surface area contributed by atoms with E-state index in [0.717, 1.165) is 19.3 Å². The summed E-state index contributed by atoms with van der Waals surface area (Å²) in [4.78, 5) is 4.25. The molecule has 0 saturated heterocycles. The molecular weight excluding hydrogens is 230 g/mol. The van der Waals surface area contributed by atoms with Gasteiger partial charge in [-0.15, -0.1) is 0 Å². The van der Waals surface area contributed by atoms with Crippen molar-refractivity contribution in [3.8, 4) is 0 Å². The highest BCUT2D eigenvalue weighted by Gasteiger charge is 2.24. The minimum absolute atomic E-state index is 0.0523. The van der Waals surface area contributed by atoms with Crippen LogP contribution in [-0.2, 0) is 12.8 Å². The standard InChI is InChI=1S/C13H25N3O2/c1-13(2,3)10(6-8-14)4-5-12-15-11(7-9-17)16-18-12/h10,17H,4-9,14H2,1-3H3. The van der Waals surface area contributed by atoms with E-state index in [4.69, 9.17) is 15.4 Å². The van der Waals surface area contributed by atoms with Crippen LogP contribution in [-0.4, -0.2) is 28.4 Å². The Balaban J connectivity index is 2.50. The number of aromatic nitrogens is 2. The van der Waals surface area contributed by atoms with Gasteiger partial charge in [-0.3, -0.25) is 0 Å². The second-order valence-electron chi connectivity index (χ2n) is 5.76. The summed E-state index contributed by atoms with van der Waals surface area (Å²) in [6.45, 7) is 7.47. The van der Waals surface area contributed by atoms with Gasteiger partial charge in [-0.05, 0) is 30.7 Å². The minimum Gasteiger partial charge on any atom is -0.396 e. The van der Waals surface area contributed by atoms with Crippen molar-refractivity contribution in [3.05, 3.63) is 11.7 Å². The van der Waals surface area contributed by atoms with Crippen molar-refractivity contribution in [2.45, 2.75) is 46.5 Å². The monoisotopic (exact) mass is 255 g/mol. The number of aliphatic hydroxyl groups is 1. The third-order valence-corrected chi connectivity index (χ3v) is 3.29. The first-order valence-electron chi connectivity index (χ1n) is 6.59. The molecule has 0 amide bonds. The van der Waals surface area contributed by atoms with E-state index < -0.39 is 0 Å². The van der Waals surface area contributed by atoms with E-state index in [1.54, 1.807) is 0 Å². The van der Waals surface area contributed by atoms with Crippen LogP contribution in [0.4, 0.5) is 0 Å². The molecule has 5 nitrogen and oxygen atoms in total. The van der Waals surface area contributed by atoms with Crippen LogP contribution in [0.3, 0.4) is 0 Å². The molecule has 18 heavy (non-hydrogen) atoms. The van der Waals surface area contributed by atoms with Crippen LogP contribution in [0.25, 0.3) is 0 Å². The zero-order chi connectivity index (χ0) is 13.6. The van der Waals surface area contributed by atoms with Crippen molar-refractivity contribution in [2.75, 3.05) is 13.2 Å². The number of aliphatic hydroxyl groups excluding tert-OH is 1. The van der Waals surface area contributed by atoms with Gasteiger partial charge in [0, 0.05) is 12.8 Å². The van der Waals surface area contributed by atoms with Gasteiger partial charge in [0.25, 0.3) is 0 Å². The highest BCUT2D eigenvalue weighted by molar-refractivity contribution is 4.88. The molecule has 0 spiro atoms. The second kappa shape index (κ2) is 6.85. The van der Waals surface area contributed by atoms with E-state index in [1.807, 2.05) is 0 Å². The molecule has 1 atom stereocenters. The summed E-state index contributed by atoms with van der Waals surface area (Å²) in [5, 5.41) is 12.6. The molecule has 3 N–H and O–H groups in total. The quantitative estimate of drug-likeness (QED) is 0.772. The van der Waals surface area contributed by atoms with Gasteiger partial charge < -0.3 is 15.4 Å². The molecule has 0 fully saturated rings. The van der Waals surface area contributed by atoms with Crippen LogP contribution in [0.2, 0.25) is 0 Å². The number of hydrogen-bond donors (Lipinski definition) is 2. The lowest BCUT2D eigenvalue weighted by Gasteiger charge is -2.30. The molecule has 1 unspecified atom stereocenters. The number of rotatable bonds is 7. The molecule has 0 aliphatic heterocycles. The van der Waals surface area contributed by atoms with Crippen LogP contribution in [0.1, 0.15) is 45.3 Å². The Bertz CT molecular complexity index is 344. The zero-order valence-corrected chi connectivity index (χ0v) is 11.6. The molecule has 1 aromatic rings. The van der Waals surface area contributed by atoms with Gasteiger partial charge in [0.15, 0.2) is 5.82 Å².